The van der Waals surface area contributed by atoms with E-state index in [1.54, 1.807) is 12.1 Å². The van der Waals surface area contributed by atoms with Crippen LogP contribution < -0.4 is 0 Å². The van der Waals surface area contributed by atoms with Crippen molar-refractivity contribution in [1.29, 1.82) is 0 Å². The van der Waals surface area contributed by atoms with Crippen LogP contribution in [0, 0.1) is 5.82 Å². The van der Waals surface area contributed by atoms with Crippen LogP contribution in [0.4, 0.5) is 4.39 Å². The molecule has 1 aliphatic carbocycles. The van der Waals surface area contributed by atoms with Crippen LogP contribution in [-0.4, -0.2) is 19.9 Å². The van der Waals surface area contributed by atoms with Crippen LogP contribution in [0.5, 0.6) is 0 Å². The monoisotopic (exact) mass is 214 g/mol. The fourth-order valence-electron chi connectivity index (χ4n) is 1.71. The largest absolute Gasteiger partial charge is 0.229 e. The molecule has 4 heteroatoms. The van der Waals surface area contributed by atoms with Crippen molar-refractivity contribution in [1.82, 2.24) is 0 Å². The fourth-order valence-corrected chi connectivity index (χ4v) is 3.02. The van der Waals surface area contributed by atoms with Crippen LogP contribution in [0.3, 0.4) is 0 Å². The zero-order valence-electron chi connectivity index (χ0n) is 7.77. The van der Waals surface area contributed by atoms with Crippen molar-refractivity contribution in [2.45, 2.75) is 17.6 Å². The third-order valence-electron chi connectivity index (χ3n) is 2.58. The number of halogens is 1. The molecular weight excluding hydrogens is 203 g/mol. The summed E-state index contributed by atoms with van der Waals surface area (Å²) in [4.78, 5) is 0. The number of hydrogen-bond acceptors (Lipinski definition) is 2. The van der Waals surface area contributed by atoms with Crippen molar-refractivity contribution in [2.24, 2.45) is 0 Å². The second-order valence-electron chi connectivity index (χ2n) is 3.76. The quantitative estimate of drug-likeness (QED) is 0.751. The van der Waals surface area contributed by atoms with Crippen molar-refractivity contribution < 1.29 is 12.8 Å². The van der Waals surface area contributed by atoms with Gasteiger partial charge in [0.05, 0.1) is 5.25 Å². The summed E-state index contributed by atoms with van der Waals surface area (Å²) in [7, 11) is -2.93. The summed E-state index contributed by atoms with van der Waals surface area (Å²) in [6.45, 7) is 0. The van der Waals surface area contributed by atoms with E-state index < -0.39 is 9.84 Å². The Kier molecular flexibility index (Phi) is 2.10. The minimum Gasteiger partial charge on any atom is -0.229 e. The molecule has 0 heterocycles. The van der Waals surface area contributed by atoms with Crippen LogP contribution in [0.2, 0.25) is 0 Å². The Balaban J connectivity index is 2.18. The minimum absolute atomic E-state index is 0.0746. The molecule has 0 amide bonds. The SMILES string of the molecule is CS(=O)(=O)[C@H]1C[C@@H]1c1ccc(F)cc1. The Hall–Kier alpha value is -0.900. The molecule has 2 atom stereocenters. The van der Waals surface area contributed by atoms with E-state index >= 15 is 0 Å². The molecule has 14 heavy (non-hydrogen) atoms. The van der Waals surface area contributed by atoms with E-state index in [9.17, 15) is 12.8 Å². The van der Waals surface area contributed by atoms with E-state index in [-0.39, 0.29) is 17.0 Å². The Morgan fingerprint density at radius 1 is 1.29 bits per heavy atom. The van der Waals surface area contributed by atoms with Crippen LogP contribution in [0.25, 0.3) is 0 Å². The summed E-state index contributed by atoms with van der Waals surface area (Å²) in [5.41, 5.74) is 0.918. The first-order valence-corrected chi connectivity index (χ1v) is 6.38. The highest BCUT2D eigenvalue weighted by molar-refractivity contribution is 7.91. The first kappa shape index (κ1) is 9.65. The molecule has 0 aliphatic heterocycles. The van der Waals surface area contributed by atoms with Crippen molar-refractivity contribution in [3.8, 4) is 0 Å². The molecule has 0 unspecified atom stereocenters. The van der Waals surface area contributed by atoms with Crippen molar-refractivity contribution in [3.63, 3.8) is 0 Å². The molecule has 0 spiro atoms. The van der Waals surface area contributed by atoms with Gasteiger partial charge in [0, 0.05) is 12.2 Å². The maximum absolute atomic E-state index is 12.6. The van der Waals surface area contributed by atoms with Gasteiger partial charge in [-0.1, -0.05) is 12.1 Å². The van der Waals surface area contributed by atoms with E-state index in [0.717, 1.165) is 5.56 Å². The molecule has 1 aromatic carbocycles. The second-order valence-corrected chi connectivity index (χ2v) is 6.03. The normalized spacial score (nSPS) is 26.1. The lowest BCUT2D eigenvalue weighted by atomic mass is 10.1. The summed E-state index contributed by atoms with van der Waals surface area (Å²) in [5, 5.41) is -0.257. The van der Waals surface area contributed by atoms with Gasteiger partial charge < -0.3 is 0 Å². The maximum Gasteiger partial charge on any atom is 0.150 e. The molecule has 1 fully saturated rings. The van der Waals surface area contributed by atoms with Crippen molar-refractivity contribution in [2.75, 3.05) is 6.26 Å². The average Bonchev–Trinajstić information content (AvgIpc) is 2.83. The molecule has 76 valence electrons. The van der Waals surface area contributed by atoms with Gasteiger partial charge in [-0.2, -0.15) is 0 Å². The van der Waals surface area contributed by atoms with Gasteiger partial charge in [-0.3, -0.25) is 0 Å². The Bertz CT molecular complexity index is 436. The summed E-state index contributed by atoms with van der Waals surface area (Å²) in [6.07, 6.45) is 1.92. The predicted octanol–water partition coefficient (Wildman–Crippen LogP) is 1.73. The van der Waals surface area contributed by atoms with E-state index in [1.807, 2.05) is 0 Å². The predicted molar refractivity (Wildman–Crippen MR) is 52.4 cm³/mol. The molecule has 0 radical (unpaired) electrons. The molecule has 0 aromatic heterocycles. The summed E-state index contributed by atoms with van der Waals surface area (Å²) < 4.78 is 34.9. The van der Waals surface area contributed by atoms with Gasteiger partial charge in [-0.25, -0.2) is 12.8 Å². The molecule has 0 N–H and O–H groups in total. The Morgan fingerprint density at radius 3 is 2.29 bits per heavy atom. The van der Waals surface area contributed by atoms with Gasteiger partial charge in [-0.15, -0.1) is 0 Å². The Morgan fingerprint density at radius 2 is 1.86 bits per heavy atom. The zero-order valence-corrected chi connectivity index (χ0v) is 8.59. The molecule has 1 saturated carbocycles. The zero-order chi connectivity index (χ0) is 10.3. The average molecular weight is 214 g/mol. The van der Waals surface area contributed by atoms with Crippen LogP contribution >= 0.6 is 0 Å². The minimum atomic E-state index is -2.93. The van der Waals surface area contributed by atoms with Crippen molar-refractivity contribution >= 4 is 9.84 Å². The first-order chi connectivity index (χ1) is 6.48. The van der Waals surface area contributed by atoms with Gasteiger partial charge in [0.2, 0.25) is 0 Å². The highest BCUT2D eigenvalue weighted by atomic mass is 32.2. The standard InChI is InChI=1S/C10H11FO2S/c1-14(12,13)10-6-9(10)7-2-4-8(11)5-3-7/h2-5,9-10H,6H2,1H3/t9-,10+/m1/s1. The lowest BCUT2D eigenvalue weighted by Gasteiger charge is -1.98. The third kappa shape index (κ3) is 1.80. The van der Waals surface area contributed by atoms with E-state index in [4.69, 9.17) is 0 Å². The summed E-state index contributed by atoms with van der Waals surface area (Å²) >= 11 is 0. The molecular formula is C10H11FO2S. The van der Waals surface area contributed by atoms with Gasteiger partial charge in [0.25, 0.3) is 0 Å². The van der Waals surface area contributed by atoms with Gasteiger partial charge in [-0.05, 0) is 24.1 Å². The van der Waals surface area contributed by atoms with Crippen LogP contribution in [0.15, 0.2) is 24.3 Å². The van der Waals surface area contributed by atoms with E-state index in [1.165, 1.54) is 18.4 Å². The first-order valence-electron chi connectivity index (χ1n) is 4.43. The van der Waals surface area contributed by atoms with E-state index in [0.29, 0.717) is 6.42 Å². The van der Waals surface area contributed by atoms with Gasteiger partial charge >= 0.3 is 0 Å². The van der Waals surface area contributed by atoms with Crippen molar-refractivity contribution in [3.05, 3.63) is 35.6 Å². The lowest BCUT2D eigenvalue weighted by Crippen LogP contribution is -2.05. The summed E-state index contributed by atoms with van der Waals surface area (Å²) in [5.74, 6) is -0.212. The molecule has 2 nitrogen and oxygen atoms in total. The molecule has 2 rings (SSSR count). The molecule has 1 aromatic rings. The topological polar surface area (TPSA) is 34.1 Å². The molecule has 1 aliphatic rings. The lowest BCUT2D eigenvalue weighted by molar-refractivity contribution is 0.600. The number of benzene rings is 1. The molecule has 0 saturated heterocycles. The number of hydrogen-bond donors (Lipinski definition) is 0. The summed E-state index contributed by atoms with van der Waals surface area (Å²) in [6, 6.07) is 6.05. The highest BCUT2D eigenvalue weighted by Gasteiger charge is 2.45. The third-order valence-corrected chi connectivity index (χ3v) is 4.20. The smallest absolute Gasteiger partial charge is 0.150 e. The van der Waals surface area contributed by atoms with E-state index in [2.05, 4.69) is 0 Å². The number of rotatable bonds is 2. The van der Waals surface area contributed by atoms with Crippen LogP contribution in [-0.2, 0) is 9.84 Å². The highest BCUT2D eigenvalue weighted by Crippen LogP contribution is 2.45. The second kappa shape index (κ2) is 3.05. The molecule has 0 bridgehead atoms. The van der Waals surface area contributed by atoms with Crippen LogP contribution in [0.1, 0.15) is 17.9 Å². The maximum atomic E-state index is 12.6. The number of sulfone groups is 1. The fraction of sp³-hybridized carbons (Fsp3) is 0.400. The Labute approximate surface area is 82.7 Å². The van der Waals surface area contributed by atoms with Gasteiger partial charge in [0.1, 0.15) is 5.82 Å². The van der Waals surface area contributed by atoms with Gasteiger partial charge in [0.15, 0.2) is 9.84 Å².